The highest BCUT2D eigenvalue weighted by Gasteiger charge is 2.32. The van der Waals surface area contributed by atoms with Gasteiger partial charge in [-0.15, -0.1) is 11.3 Å². The molecule has 1 aliphatic heterocycles. The molecule has 4 heteroatoms. The normalized spacial score (nSPS) is 24.9. The van der Waals surface area contributed by atoms with Gasteiger partial charge in [0.05, 0.1) is 6.04 Å². The van der Waals surface area contributed by atoms with Gasteiger partial charge in [-0.25, -0.2) is 4.98 Å². The van der Waals surface area contributed by atoms with Crippen molar-refractivity contribution in [2.45, 2.75) is 52.1 Å². The van der Waals surface area contributed by atoms with Crippen LogP contribution in [0.2, 0.25) is 0 Å². The van der Waals surface area contributed by atoms with E-state index in [1.165, 1.54) is 17.8 Å². The molecule has 1 saturated heterocycles. The minimum absolute atomic E-state index is 0.395. The van der Waals surface area contributed by atoms with E-state index in [0.717, 1.165) is 19.5 Å². The van der Waals surface area contributed by atoms with Crippen LogP contribution in [-0.2, 0) is 0 Å². The van der Waals surface area contributed by atoms with Crippen LogP contribution in [0.3, 0.4) is 0 Å². The molecule has 2 N–H and O–H groups in total. The van der Waals surface area contributed by atoms with E-state index >= 15 is 0 Å². The predicted octanol–water partition coefficient (Wildman–Crippen LogP) is 2.96. The van der Waals surface area contributed by atoms with Crippen LogP contribution in [0.4, 0.5) is 0 Å². The number of hydrogen-bond donors (Lipinski definition) is 2. The summed E-state index contributed by atoms with van der Waals surface area (Å²) in [6, 6.07) is 0.977. The molecule has 18 heavy (non-hydrogen) atoms. The van der Waals surface area contributed by atoms with Crippen molar-refractivity contribution in [2.24, 2.45) is 5.41 Å². The highest BCUT2D eigenvalue weighted by atomic mass is 32.1. The number of hydrogen-bond acceptors (Lipinski definition) is 4. The molecule has 102 valence electrons. The third-order valence-corrected chi connectivity index (χ3v) is 4.95. The van der Waals surface area contributed by atoms with Crippen LogP contribution in [-0.4, -0.2) is 24.1 Å². The van der Waals surface area contributed by atoms with Gasteiger partial charge in [0.1, 0.15) is 5.01 Å². The highest BCUT2D eigenvalue weighted by molar-refractivity contribution is 7.09. The third kappa shape index (κ3) is 3.31. The fourth-order valence-electron chi connectivity index (χ4n) is 2.69. The van der Waals surface area contributed by atoms with Gasteiger partial charge in [-0.2, -0.15) is 0 Å². The Balaban J connectivity index is 1.89. The Kier molecular flexibility index (Phi) is 4.76. The van der Waals surface area contributed by atoms with Crippen LogP contribution in [0.15, 0.2) is 11.6 Å². The summed E-state index contributed by atoms with van der Waals surface area (Å²) in [5.74, 6) is 0. The van der Waals surface area contributed by atoms with Gasteiger partial charge >= 0.3 is 0 Å². The van der Waals surface area contributed by atoms with Gasteiger partial charge in [-0.05, 0) is 31.2 Å². The van der Waals surface area contributed by atoms with Crippen molar-refractivity contribution in [3.05, 3.63) is 16.6 Å². The second-order valence-electron chi connectivity index (χ2n) is 5.84. The van der Waals surface area contributed by atoms with E-state index < -0.39 is 0 Å². The summed E-state index contributed by atoms with van der Waals surface area (Å²) in [6.07, 6.45) is 5.61. The molecule has 0 saturated carbocycles. The van der Waals surface area contributed by atoms with Gasteiger partial charge in [-0.1, -0.05) is 20.8 Å². The van der Waals surface area contributed by atoms with Crippen molar-refractivity contribution in [1.82, 2.24) is 15.6 Å². The molecule has 2 unspecified atom stereocenters. The molecule has 3 nitrogen and oxygen atoms in total. The topological polar surface area (TPSA) is 37.0 Å². The average molecular weight is 267 g/mol. The second-order valence-corrected chi connectivity index (χ2v) is 6.76. The van der Waals surface area contributed by atoms with Crippen LogP contribution in [0.1, 0.15) is 51.1 Å². The Morgan fingerprint density at radius 3 is 3.06 bits per heavy atom. The van der Waals surface area contributed by atoms with Crippen LogP contribution in [0.5, 0.6) is 0 Å². The van der Waals surface area contributed by atoms with Crippen LogP contribution in [0, 0.1) is 5.41 Å². The summed E-state index contributed by atoms with van der Waals surface area (Å²) in [4.78, 5) is 4.42. The molecule has 2 rings (SSSR count). The quantitative estimate of drug-likeness (QED) is 0.861. The monoisotopic (exact) mass is 267 g/mol. The number of piperidine rings is 1. The molecule has 2 atom stereocenters. The second kappa shape index (κ2) is 6.13. The number of rotatable bonds is 5. The zero-order valence-corrected chi connectivity index (χ0v) is 12.5. The van der Waals surface area contributed by atoms with E-state index in [0.29, 0.717) is 17.5 Å². The molecule has 0 aliphatic carbocycles. The van der Waals surface area contributed by atoms with Gasteiger partial charge in [0.2, 0.25) is 0 Å². The summed E-state index contributed by atoms with van der Waals surface area (Å²) >= 11 is 1.75. The Morgan fingerprint density at radius 2 is 2.44 bits per heavy atom. The Labute approximate surface area is 114 Å². The van der Waals surface area contributed by atoms with Gasteiger partial charge < -0.3 is 10.6 Å². The van der Waals surface area contributed by atoms with Crippen molar-refractivity contribution in [1.29, 1.82) is 0 Å². The van der Waals surface area contributed by atoms with E-state index in [9.17, 15) is 0 Å². The summed E-state index contributed by atoms with van der Waals surface area (Å²) in [5, 5.41) is 10.6. The number of nitrogens with one attached hydrogen (secondary N) is 2. The molecule has 1 aromatic heterocycles. The van der Waals surface area contributed by atoms with E-state index in [1.807, 2.05) is 6.20 Å². The highest BCUT2D eigenvalue weighted by Crippen LogP contribution is 2.30. The molecule has 0 aromatic carbocycles. The third-order valence-electron chi connectivity index (χ3n) is 4.06. The first-order valence-corrected chi connectivity index (χ1v) is 7.87. The van der Waals surface area contributed by atoms with E-state index in [-0.39, 0.29) is 0 Å². The van der Waals surface area contributed by atoms with Gasteiger partial charge in [0.25, 0.3) is 0 Å². The molecule has 0 spiro atoms. The number of thiazole rings is 1. The molecular weight excluding hydrogens is 242 g/mol. The molecule has 0 bridgehead atoms. The summed E-state index contributed by atoms with van der Waals surface area (Å²) in [7, 11) is 0. The lowest BCUT2D eigenvalue weighted by Crippen LogP contribution is -2.52. The first kappa shape index (κ1) is 14.0. The molecule has 2 heterocycles. The van der Waals surface area contributed by atoms with Crippen LogP contribution < -0.4 is 10.6 Å². The first-order valence-electron chi connectivity index (χ1n) is 6.99. The first-order chi connectivity index (χ1) is 8.63. The fraction of sp³-hybridized carbons (Fsp3) is 0.786. The smallest absolute Gasteiger partial charge is 0.109 e. The number of nitrogens with zero attached hydrogens (tertiary/aromatic N) is 1. The minimum atomic E-state index is 0.395. The number of aromatic nitrogens is 1. The molecule has 1 fully saturated rings. The maximum absolute atomic E-state index is 4.42. The zero-order chi connectivity index (χ0) is 13.0. The largest absolute Gasteiger partial charge is 0.312 e. The molecular formula is C14H25N3S. The van der Waals surface area contributed by atoms with Crippen molar-refractivity contribution < 1.29 is 0 Å². The van der Waals surface area contributed by atoms with Crippen molar-refractivity contribution in [3.63, 3.8) is 0 Å². The molecule has 1 aliphatic rings. The van der Waals surface area contributed by atoms with E-state index in [4.69, 9.17) is 0 Å². The Hall–Kier alpha value is -0.450. The lowest BCUT2D eigenvalue weighted by Gasteiger charge is -2.40. The van der Waals surface area contributed by atoms with Crippen LogP contribution in [0.25, 0.3) is 0 Å². The summed E-state index contributed by atoms with van der Waals surface area (Å²) in [6.45, 7) is 9.15. The van der Waals surface area contributed by atoms with E-state index in [2.05, 4.69) is 41.8 Å². The summed E-state index contributed by atoms with van der Waals surface area (Å²) < 4.78 is 0. The van der Waals surface area contributed by atoms with Crippen molar-refractivity contribution in [2.75, 3.05) is 13.1 Å². The zero-order valence-electron chi connectivity index (χ0n) is 11.7. The van der Waals surface area contributed by atoms with Gasteiger partial charge in [0.15, 0.2) is 0 Å². The van der Waals surface area contributed by atoms with Crippen molar-refractivity contribution in [3.8, 4) is 0 Å². The Bertz CT molecular complexity index is 348. The lowest BCUT2D eigenvalue weighted by molar-refractivity contribution is 0.172. The average Bonchev–Trinajstić information content (AvgIpc) is 2.85. The maximum atomic E-state index is 4.42. The van der Waals surface area contributed by atoms with Crippen LogP contribution >= 0.6 is 11.3 Å². The minimum Gasteiger partial charge on any atom is -0.312 e. The maximum Gasteiger partial charge on any atom is 0.109 e. The molecule has 1 aromatic rings. The van der Waals surface area contributed by atoms with E-state index in [1.54, 1.807) is 11.3 Å². The molecule has 0 amide bonds. The SMILES string of the molecule is CCC(NCC1NCCCC1(C)C)c1nccs1. The van der Waals surface area contributed by atoms with Gasteiger partial charge in [0, 0.05) is 24.2 Å². The van der Waals surface area contributed by atoms with Crippen molar-refractivity contribution >= 4 is 11.3 Å². The molecule has 0 radical (unpaired) electrons. The predicted molar refractivity (Wildman–Crippen MR) is 78.0 cm³/mol. The summed E-state index contributed by atoms with van der Waals surface area (Å²) in [5.41, 5.74) is 0.395. The van der Waals surface area contributed by atoms with Gasteiger partial charge in [-0.3, -0.25) is 0 Å². The Morgan fingerprint density at radius 1 is 1.61 bits per heavy atom. The fourth-order valence-corrected chi connectivity index (χ4v) is 3.49. The lowest BCUT2D eigenvalue weighted by atomic mass is 9.77. The standard InChI is InChI=1S/C14H25N3S/c1-4-11(13-16-8-9-18-13)17-10-12-14(2,3)6-5-7-15-12/h8-9,11-12,15,17H,4-7,10H2,1-3H3.